The minimum atomic E-state index is -0.739. The molecule has 0 radical (unpaired) electrons. The average Bonchev–Trinajstić information content (AvgIpc) is 2.81. The SMILES string of the molecule is O=C1CCC(n2ncc3cc(N4CCN(CC5CCNCC5)CC4)ccc3c2=O)C(=O)N1. The molecule has 4 heterocycles. The second-order valence-electron chi connectivity index (χ2n) is 9.11. The summed E-state index contributed by atoms with van der Waals surface area (Å²) in [6, 6.07) is 5.10. The molecule has 1 aromatic carbocycles. The van der Waals surface area contributed by atoms with Gasteiger partial charge in [-0.2, -0.15) is 5.10 Å². The van der Waals surface area contributed by atoms with E-state index < -0.39 is 11.9 Å². The zero-order valence-corrected chi connectivity index (χ0v) is 18.3. The molecule has 5 rings (SSSR count). The minimum Gasteiger partial charge on any atom is -0.369 e. The summed E-state index contributed by atoms with van der Waals surface area (Å²) < 4.78 is 1.21. The number of aromatic nitrogens is 2. The van der Waals surface area contributed by atoms with Gasteiger partial charge in [-0.15, -0.1) is 0 Å². The van der Waals surface area contributed by atoms with E-state index in [2.05, 4.69) is 25.5 Å². The molecule has 3 saturated heterocycles. The molecule has 2 amide bonds. The molecule has 0 aliphatic carbocycles. The topological polar surface area (TPSA) is 99.6 Å². The number of anilines is 1. The predicted molar refractivity (Wildman–Crippen MR) is 122 cm³/mol. The summed E-state index contributed by atoms with van der Waals surface area (Å²) in [5.74, 6) is 0.0378. The first kappa shape index (κ1) is 21.1. The normalized spacial score (nSPS) is 23.5. The third-order valence-corrected chi connectivity index (χ3v) is 7.01. The van der Waals surface area contributed by atoms with Gasteiger partial charge in [0.1, 0.15) is 6.04 Å². The van der Waals surface area contributed by atoms with Crippen molar-refractivity contribution in [1.29, 1.82) is 0 Å². The van der Waals surface area contributed by atoms with Crippen molar-refractivity contribution in [2.45, 2.75) is 31.7 Å². The van der Waals surface area contributed by atoms with Gasteiger partial charge in [0.25, 0.3) is 11.5 Å². The van der Waals surface area contributed by atoms with Crippen molar-refractivity contribution in [3.63, 3.8) is 0 Å². The van der Waals surface area contributed by atoms with Crippen LogP contribution in [0.25, 0.3) is 10.8 Å². The van der Waals surface area contributed by atoms with Gasteiger partial charge in [0.15, 0.2) is 0 Å². The van der Waals surface area contributed by atoms with Gasteiger partial charge in [0.05, 0.1) is 11.6 Å². The number of carbonyl (C=O) groups excluding carboxylic acids is 2. The van der Waals surface area contributed by atoms with E-state index in [1.165, 1.54) is 24.1 Å². The van der Waals surface area contributed by atoms with Crippen LogP contribution in [0.15, 0.2) is 29.2 Å². The molecule has 170 valence electrons. The third-order valence-electron chi connectivity index (χ3n) is 7.01. The van der Waals surface area contributed by atoms with Gasteiger partial charge in [-0.1, -0.05) is 0 Å². The number of piperazine rings is 1. The molecule has 3 fully saturated rings. The van der Waals surface area contributed by atoms with Gasteiger partial charge < -0.3 is 10.2 Å². The molecule has 1 aromatic heterocycles. The predicted octanol–water partition coefficient (Wildman–Crippen LogP) is 0.496. The number of amides is 2. The summed E-state index contributed by atoms with van der Waals surface area (Å²) in [6.45, 7) is 7.52. The largest absolute Gasteiger partial charge is 0.369 e. The van der Waals surface area contributed by atoms with E-state index in [0.29, 0.717) is 11.8 Å². The zero-order valence-electron chi connectivity index (χ0n) is 18.3. The van der Waals surface area contributed by atoms with Gasteiger partial charge in [-0.25, -0.2) is 4.68 Å². The van der Waals surface area contributed by atoms with E-state index in [9.17, 15) is 14.4 Å². The lowest BCUT2D eigenvalue weighted by atomic mass is 9.97. The molecule has 0 saturated carbocycles. The van der Waals surface area contributed by atoms with Gasteiger partial charge in [0, 0.05) is 50.2 Å². The second kappa shape index (κ2) is 8.99. The Morgan fingerprint density at radius 3 is 2.53 bits per heavy atom. The minimum absolute atomic E-state index is 0.213. The molecule has 1 atom stereocenters. The smallest absolute Gasteiger partial charge is 0.275 e. The molecule has 2 N–H and O–H groups in total. The maximum absolute atomic E-state index is 13.0. The van der Waals surface area contributed by atoms with Crippen LogP contribution in [0, 0.1) is 5.92 Å². The highest BCUT2D eigenvalue weighted by atomic mass is 16.2. The van der Waals surface area contributed by atoms with E-state index in [-0.39, 0.29) is 17.9 Å². The molecule has 2 aromatic rings. The average molecular weight is 439 g/mol. The Hall–Kier alpha value is -2.78. The number of hydrogen-bond acceptors (Lipinski definition) is 7. The Morgan fingerprint density at radius 2 is 1.78 bits per heavy atom. The molecule has 0 spiro atoms. The van der Waals surface area contributed by atoms with Crippen molar-refractivity contribution in [3.05, 3.63) is 34.7 Å². The number of imide groups is 1. The van der Waals surface area contributed by atoms with Crippen LogP contribution in [0.4, 0.5) is 5.69 Å². The van der Waals surface area contributed by atoms with E-state index in [0.717, 1.165) is 56.3 Å². The Kier molecular flexibility index (Phi) is 5.93. The van der Waals surface area contributed by atoms with E-state index in [4.69, 9.17) is 0 Å². The molecule has 9 nitrogen and oxygen atoms in total. The van der Waals surface area contributed by atoms with Crippen LogP contribution < -0.4 is 21.1 Å². The molecule has 3 aliphatic rings. The molecular formula is C23H30N6O3. The maximum Gasteiger partial charge on any atom is 0.275 e. The summed E-state index contributed by atoms with van der Waals surface area (Å²) in [5, 5.41) is 11.3. The number of benzene rings is 1. The molecule has 3 aliphatic heterocycles. The lowest BCUT2D eigenvalue weighted by Gasteiger charge is -2.38. The van der Waals surface area contributed by atoms with Gasteiger partial charge in [0.2, 0.25) is 5.91 Å². The first-order valence-corrected chi connectivity index (χ1v) is 11.6. The third kappa shape index (κ3) is 4.27. The number of nitrogens with one attached hydrogen (secondary N) is 2. The lowest BCUT2D eigenvalue weighted by Crippen LogP contribution is -2.48. The number of carbonyl (C=O) groups is 2. The molecule has 9 heteroatoms. The second-order valence-corrected chi connectivity index (χ2v) is 9.11. The molecule has 1 unspecified atom stereocenters. The van der Waals surface area contributed by atoms with E-state index in [1.807, 2.05) is 18.2 Å². The standard InChI is InChI=1S/C23H30N6O3/c30-21-4-3-20(22(31)26-21)29-23(32)19-2-1-18(13-17(19)14-25-29)28-11-9-27(10-12-28)15-16-5-7-24-8-6-16/h1-2,13-14,16,20,24H,3-12,15H2,(H,26,30,31). The van der Waals surface area contributed by atoms with Crippen molar-refractivity contribution in [1.82, 2.24) is 25.3 Å². The lowest BCUT2D eigenvalue weighted by molar-refractivity contribution is -0.136. The fourth-order valence-electron chi connectivity index (χ4n) is 5.10. The number of nitrogens with zero attached hydrogens (tertiary/aromatic N) is 4. The summed E-state index contributed by atoms with van der Waals surface area (Å²) in [6.07, 6.45) is 4.70. The Balaban J connectivity index is 1.28. The fraction of sp³-hybridized carbons (Fsp3) is 0.565. The maximum atomic E-state index is 13.0. The highest BCUT2D eigenvalue weighted by Crippen LogP contribution is 2.23. The fourth-order valence-corrected chi connectivity index (χ4v) is 5.10. The van der Waals surface area contributed by atoms with Crippen LogP contribution in [0.1, 0.15) is 31.7 Å². The van der Waals surface area contributed by atoms with Gasteiger partial charge in [-0.3, -0.25) is 24.6 Å². The number of hydrogen-bond donors (Lipinski definition) is 2. The number of rotatable bonds is 4. The van der Waals surface area contributed by atoms with Crippen LogP contribution in [-0.2, 0) is 9.59 Å². The van der Waals surface area contributed by atoms with Crippen molar-refractivity contribution in [3.8, 4) is 0 Å². The van der Waals surface area contributed by atoms with Crippen LogP contribution >= 0.6 is 0 Å². The van der Waals surface area contributed by atoms with Crippen LogP contribution in [0.5, 0.6) is 0 Å². The number of piperidine rings is 2. The summed E-state index contributed by atoms with van der Waals surface area (Å²) >= 11 is 0. The van der Waals surface area contributed by atoms with Crippen molar-refractivity contribution < 1.29 is 9.59 Å². The number of fused-ring (bicyclic) bond motifs is 1. The Labute approximate surface area is 186 Å². The summed E-state index contributed by atoms with van der Waals surface area (Å²) in [7, 11) is 0. The highest BCUT2D eigenvalue weighted by Gasteiger charge is 2.30. The van der Waals surface area contributed by atoms with Crippen molar-refractivity contribution in [2.75, 3.05) is 50.7 Å². The Morgan fingerprint density at radius 1 is 1.00 bits per heavy atom. The highest BCUT2D eigenvalue weighted by molar-refractivity contribution is 5.99. The summed E-state index contributed by atoms with van der Waals surface area (Å²) in [5.41, 5.74) is 0.800. The van der Waals surface area contributed by atoms with Gasteiger partial charge >= 0.3 is 0 Å². The van der Waals surface area contributed by atoms with E-state index in [1.54, 1.807) is 6.20 Å². The Bertz CT molecular complexity index is 1070. The zero-order chi connectivity index (χ0) is 22.1. The first-order valence-electron chi connectivity index (χ1n) is 11.6. The summed E-state index contributed by atoms with van der Waals surface area (Å²) in [4.78, 5) is 41.5. The van der Waals surface area contributed by atoms with E-state index >= 15 is 0 Å². The van der Waals surface area contributed by atoms with Crippen molar-refractivity contribution in [2.24, 2.45) is 5.92 Å². The van der Waals surface area contributed by atoms with Gasteiger partial charge in [-0.05, 0) is 56.5 Å². The molecule has 32 heavy (non-hydrogen) atoms. The monoisotopic (exact) mass is 438 g/mol. The van der Waals surface area contributed by atoms with Crippen LogP contribution in [-0.4, -0.2) is 72.3 Å². The first-order chi connectivity index (χ1) is 15.6. The van der Waals surface area contributed by atoms with Crippen molar-refractivity contribution >= 4 is 28.3 Å². The molecule has 0 bridgehead atoms. The molecular weight excluding hydrogens is 408 g/mol. The quantitative estimate of drug-likeness (QED) is 0.671. The van der Waals surface area contributed by atoms with Crippen LogP contribution in [0.3, 0.4) is 0 Å². The van der Waals surface area contributed by atoms with Crippen LogP contribution in [0.2, 0.25) is 0 Å².